The number of nitrogens with zero attached hydrogens (tertiary/aromatic N) is 2. The van der Waals surface area contributed by atoms with E-state index >= 15 is 0 Å². The second kappa shape index (κ2) is 13.3. The average molecular weight is 441 g/mol. The molecule has 1 amide bonds. The van der Waals surface area contributed by atoms with Gasteiger partial charge in [0.2, 0.25) is 5.89 Å². The minimum absolute atomic E-state index is 0.0282. The van der Waals surface area contributed by atoms with E-state index in [-0.39, 0.29) is 24.1 Å². The second-order valence-electron chi connectivity index (χ2n) is 8.37. The first-order chi connectivity index (χ1) is 14.7. The number of carbonyl (C=O) groups is 1. The molecule has 0 bridgehead atoms. The first-order valence-corrected chi connectivity index (χ1v) is 11.1. The van der Waals surface area contributed by atoms with Gasteiger partial charge in [0.15, 0.2) is 0 Å². The van der Waals surface area contributed by atoms with Crippen molar-refractivity contribution in [3.8, 4) is 0 Å². The molecule has 9 heteroatoms. The molecule has 2 heterocycles. The van der Waals surface area contributed by atoms with E-state index in [0.29, 0.717) is 18.1 Å². The second-order valence-corrected chi connectivity index (χ2v) is 8.37. The number of nitrogen functional groups attached to an aromatic ring is 1. The van der Waals surface area contributed by atoms with Crippen molar-refractivity contribution in [1.29, 1.82) is 0 Å². The zero-order valence-corrected chi connectivity index (χ0v) is 19.8. The summed E-state index contributed by atoms with van der Waals surface area (Å²) in [6, 6.07) is -0.0767. The standard InChI is InChI=1S/C15H26O2.C4H6N4O3.C3H8/c1-11(2)9-10-14-15(3,17-14)12-7-5-6-8-13(12)16-4;5-3-8-7-2(11-3)1-6-4(9)10;1-3-2/h9,12-14H,5-8,10H2,1-4H3;6H,1H2,(H2,5,8)(H,9,10);3H2,1-2H3. The molecule has 1 aromatic heterocycles. The fraction of sp³-hybridized carbons (Fsp3) is 0.773. The number of ether oxygens (including phenoxy) is 2. The Bertz CT molecular complexity index is 689. The minimum Gasteiger partial charge on any atom is -0.465 e. The van der Waals surface area contributed by atoms with Crippen LogP contribution >= 0.6 is 0 Å². The van der Waals surface area contributed by atoms with Gasteiger partial charge in [0, 0.05) is 13.0 Å². The van der Waals surface area contributed by atoms with Crippen molar-refractivity contribution in [2.75, 3.05) is 12.8 Å². The van der Waals surface area contributed by atoms with Crippen LogP contribution in [-0.4, -0.2) is 46.3 Å². The van der Waals surface area contributed by atoms with Gasteiger partial charge in [0.05, 0.1) is 24.4 Å². The largest absolute Gasteiger partial charge is 0.465 e. The summed E-state index contributed by atoms with van der Waals surface area (Å²) in [5.41, 5.74) is 6.53. The summed E-state index contributed by atoms with van der Waals surface area (Å²) in [7, 11) is 1.85. The van der Waals surface area contributed by atoms with Gasteiger partial charge >= 0.3 is 12.1 Å². The molecule has 2 aliphatic rings. The van der Waals surface area contributed by atoms with Gasteiger partial charge in [0.25, 0.3) is 0 Å². The van der Waals surface area contributed by atoms with Crippen molar-refractivity contribution in [3.05, 3.63) is 17.5 Å². The van der Waals surface area contributed by atoms with Crippen molar-refractivity contribution in [1.82, 2.24) is 15.5 Å². The molecule has 178 valence electrons. The molecule has 1 aromatic rings. The van der Waals surface area contributed by atoms with Crippen molar-refractivity contribution in [2.24, 2.45) is 5.92 Å². The number of hydrogen-bond acceptors (Lipinski definition) is 7. The highest BCUT2D eigenvalue weighted by Gasteiger charge is 2.58. The molecule has 4 unspecified atom stereocenters. The van der Waals surface area contributed by atoms with Gasteiger partial charge in [0.1, 0.15) is 0 Å². The maximum atomic E-state index is 9.95. The zero-order valence-electron chi connectivity index (χ0n) is 19.8. The monoisotopic (exact) mass is 440 g/mol. The predicted octanol–water partition coefficient (Wildman–Crippen LogP) is 4.54. The first-order valence-electron chi connectivity index (χ1n) is 11.1. The molecular formula is C22H40N4O5. The van der Waals surface area contributed by atoms with Gasteiger partial charge in [-0.3, -0.25) is 0 Å². The summed E-state index contributed by atoms with van der Waals surface area (Å²) in [6.07, 6.45) is 9.38. The molecule has 0 aromatic carbocycles. The van der Waals surface area contributed by atoms with Gasteiger partial charge in [-0.15, -0.1) is 5.10 Å². The Labute approximate surface area is 185 Å². The lowest BCUT2D eigenvalue weighted by Gasteiger charge is -2.33. The van der Waals surface area contributed by atoms with E-state index in [4.69, 9.17) is 20.3 Å². The maximum Gasteiger partial charge on any atom is 0.405 e. The van der Waals surface area contributed by atoms with E-state index in [9.17, 15) is 4.79 Å². The fourth-order valence-electron chi connectivity index (χ4n) is 3.75. The number of allylic oxidation sites excluding steroid dienone is 1. The van der Waals surface area contributed by atoms with Crippen LogP contribution in [0.3, 0.4) is 0 Å². The Morgan fingerprint density at radius 1 is 1.32 bits per heavy atom. The van der Waals surface area contributed by atoms with Crippen LogP contribution in [0.2, 0.25) is 0 Å². The molecule has 1 aliphatic carbocycles. The summed E-state index contributed by atoms with van der Waals surface area (Å²) in [5.74, 6) is 0.738. The normalized spacial score (nSPS) is 26.5. The Hall–Kier alpha value is -2.13. The topological polar surface area (TPSA) is 136 Å². The summed E-state index contributed by atoms with van der Waals surface area (Å²) < 4.78 is 16.3. The van der Waals surface area contributed by atoms with Crippen molar-refractivity contribution in [3.63, 3.8) is 0 Å². The first kappa shape index (κ1) is 26.9. The van der Waals surface area contributed by atoms with Crippen LogP contribution in [0.4, 0.5) is 10.8 Å². The number of aromatic nitrogens is 2. The van der Waals surface area contributed by atoms with Crippen molar-refractivity contribution < 1.29 is 23.8 Å². The molecule has 9 nitrogen and oxygen atoms in total. The lowest BCUT2D eigenvalue weighted by molar-refractivity contribution is -0.00777. The molecule has 0 spiro atoms. The summed E-state index contributed by atoms with van der Waals surface area (Å²) in [5, 5.41) is 16.9. The molecule has 1 aliphatic heterocycles. The Morgan fingerprint density at radius 3 is 2.48 bits per heavy atom. The number of epoxide rings is 1. The van der Waals surface area contributed by atoms with Crippen LogP contribution in [0.5, 0.6) is 0 Å². The van der Waals surface area contributed by atoms with E-state index in [0.717, 1.165) is 6.42 Å². The zero-order chi connectivity index (χ0) is 23.4. The lowest BCUT2D eigenvalue weighted by atomic mass is 9.76. The van der Waals surface area contributed by atoms with Gasteiger partial charge in [-0.1, -0.05) is 49.9 Å². The highest BCUT2D eigenvalue weighted by atomic mass is 16.6. The molecule has 0 radical (unpaired) electrons. The number of amides is 1. The highest BCUT2D eigenvalue weighted by molar-refractivity contribution is 5.64. The van der Waals surface area contributed by atoms with Crippen LogP contribution in [-0.2, 0) is 16.0 Å². The van der Waals surface area contributed by atoms with E-state index in [1.807, 2.05) is 12.4 Å². The lowest BCUT2D eigenvalue weighted by Crippen LogP contribution is -2.37. The van der Waals surface area contributed by atoms with Crippen LogP contribution in [0.15, 0.2) is 16.1 Å². The Kier molecular flexibility index (Phi) is 11.6. The highest BCUT2D eigenvalue weighted by Crippen LogP contribution is 2.50. The van der Waals surface area contributed by atoms with E-state index in [1.165, 1.54) is 37.7 Å². The minimum atomic E-state index is -1.15. The smallest absolute Gasteiger partial charge is 0.405 e. The number of anilines is 1. The fourth-order valence-corrected chi connectivity index (χ4v) is 3.75. The molecule has 4 atom stereocenters. The van der Waals surface area contributed by atoms with Crippen LogP contribution < -0.4 is 11.1 Å². The van der Waals surface area contributed by atoms with Crippen LogP contribution in [0.25, 0.3) is 0 Å². The molecule has 1 saturated carbocycles. The van der Waals surface area contributed by atoms with E-state index in [1.54, 1.807) is 0 Å². The molecule has 31 heavy (non-hydrogen) atoms. The number of nitrogens with two attached hydrogens (primary N) is 1. The summed E-state index contributed by atoms with van der Waals surface area (Å²) in [4.78, 5) is 9.95. The SMILES string of the molecule is CCC.COC1CCCCC1C1(C)OC1CC=C(C)C.Nc1nnc(CNC(=O)O)o1. The third-order valence-corrected chi connectivity index (χ3v) is 5.33. The van der Waals surface area contributed by atoms with Crippen LogP contribution in [0, 0.1) is 5.92 Å². The average Bonchev–Trinajstić information content (AvgIpc) is 3.21. The third kappa shape index (κ3) is 9.26. The number of rotatable bonds is 6. The quantitative estimate of drug-likeness (QED) is 0.433. The summed E-state index contributed by atoms with van der Waals surface area (Å²) >= 11 is 0. The number of nitrogens with one attached hydrogen (secondary N) is 1. The summed E-state index contributed by atoms with van der Waals surface area (Å²) in [6.45, 7) is 10.8. The molecule has 1 saturated heterocycles. The van der Waals surface area contributed by atoms with E-state index in [2.05, 4.69) is 55.3 Å². The predicted molar refractivity (Wildman–Crippen MR) is 120 cm³/mol. The molecule has 4 N–H and O–H groups in total. The van der Waals surface area contributed by atoms with E-state index < -0.39 is 6.09 Å². The maximum absolute atomic E-state index is 9.95. The van der Waals surface area contributed by atoms with Gasteiger partial charge < -0.3 is 30.0 Å². The Morgan fingerprint density at radius 2 is 1.97 bits per heavy atom. The van der Waals surface area contributed by atoms with Crippen LogP contribution in [0.1, 0.15) is 79.0 Å². The third-order valence-electron chi connectivity index (χ3n) is 5.33. The van der Waals surface area contributed by atoms with Gasteiger partial charge in [-0.05, 0) is 40.0 Å². The van der Waals surface area contributed by atoms with Gasteiger partial charge in [-0.25, -0.2) is 4.79 Å². The number of carboxylic acid groups (broad SMARTS) is 1. The number of methoxy groups -OCH3 is 1. The van der Waals surface area contributed by atoms with Crippen molar-refractivity contribution >= 4 is 12.1 Å². The number of hydrogen-bond donors (Lipinski definition) is 3. The molecular weight excluding hydrogens is 400 g/mol. The molecule has 3 rings (SSSR count). The van der Waals surface area contributed by atoms with Crippen molar-refractivity contribution in [2.45, 2.75) is 97.5 Å². The Balaban J connectivity index is 0.000000296. The molecule has 2 fully saturated rings. The van der Waals surface area contributed by atoms with Gasteiger partial charge in [-0.2, -0.15) is 0 Å².